The van der Waals surface area contributed by atoms with Crippen LogP contribution in [0.4, 0.5) is 0 Å². The Morgan fingerprint density at radius 3 is 2.56 bits per heavy atom. The third-order valence-corrected chi connectivity index (χ3v) is 5.06. The van der Waals surface area contributed by atoms with Crippen LogP contribution in [0.15, 0.2) is 48.5 Å². The van der Waals surface area contributed by atoms with Crippen molar-refractivity contribution in [1.82, 2.24) is 5.32 Å². The number of ether oxygens (including phenoxy) is 1. The highest BCUT2D eigenvalue weighted by molar-refractivity contribution is 7.99. The van der Waals surface area contributed by atoms with E-state index in [1.807, 2.05) is 31.2 Å². The molecule has 0 aliphatic rings. The molecule has 0 aliphatic carbocycles. The molecular formula is C19H20ClNO3S. The first-order valence-corrected chi connectivity index (χ1v) is 9.23. The highest BCUT2D eigenvalue weighted by Gasteiger charge is 2.14. The van der Waals surface area contributed by atoms with Gasteiger partial charge >= 0.3 is 5.97 Å². The van der Waals surface area contributed by atoms with E-state index in [0.29, 0.717) is 22.9 Å². The fraction of sp³-hybridized carbons (Fsp3) is 0.263. The lowest BCUT2D eigenvalue weighted by atomic mass is 10.1. The van der Waals surface area contributed by atoms with Gasteiger partial charge in [0.25, 0.3) is 0 Å². The van der Waals surface area contributed by atoms with Gasteiger partial charge in [0.1, 0.15) is 0 Å². The Morgan fingerprint density at radius 1 is 1.16 bits per heavy atom. The normalized spacial score (nSPS) is 11.6. The predicted molar refractivity (Wildman–Crippen MR) is 102 cm³/mol. The Bertz CT molecular complexity index is 734. The number of benzene rings is 2. The van der Waals surface area contributed by atoms with E-state index in [9.17, 15) is 9.59 Å². The van der Waals surface area contributed by atoms with E-state index in [2.05, 4.69) is 5.32 Å². The van der Waals surface area contributed by atoms with Crippen LogP contribution in [0.1, 0.15) is 28.4 Å². The van der Waals surface area contributed by atoms with Crippen LogP contribution in [0.3, 0.4) is 0 Å². The van der Waals surface area contributed by atoms with Gasteiger partial charge in [-0.2, -0.15) is 0 Å². The van der Waals surface area contributed by atoms with Gasteiger partial charge in [0, 0.05) is 17.3 Å². The lowest BCUT2D eigenvalue weighted by Crippen LogP contribution is -2.30. The van der Waals surface area contributed by atoms with Crippen LogP contribution in [-0.2, 0) is 21.8 Å². The van der Waals surface area contributed by atoms with Crippen molar-refractivity contribution in [2.45, 2.75) is 24.5 Å². The van der Waals surface area contributed by atoms with E-state index < -0.39 is 0 Å². The lowest BCUT2D eigenvalue weighted by Gasteiger charge is -2.12. The summed E-state index contributed by atoms with van der Waals surface area (Å²) in [5.41, 5.74) is 2.49. The van der Waals surface area contributed by atoms with Crippen LogP contribution in [-0.4, -0.2) is 24.2 Å². The number of esters is 1. The summed E-state index contributed by atoms with van der Waals surface area (Å²) >= 11 is 7.36. The van der Waals surface area contributed by atoms with Crippen molar-refractivity contribution in [3.63, 3.8) is 0 Å². The Hall–Kier alpha value is -1.98. The van der Waals surface area contributed by atoms with Crippen LogP contribution in [0.2, 0.25) is 5.02 Å². The number of hydrogen-bond acceptors (Lipinski definition) is 4. The van der Waals surface area contributed by atoms with E-state index in [0.717, 1.165) is 11.1 Å². The van der Waals surface area contributed by atoms with Crippen molar-refractivity contribution in [3.05, 3.63) is 70.2 Å². The Morgan fingerprint density at radius 2 is 1.88 bits per heavy atom. The zero-order valence-electron chi connectivity index (χ0n) is 14.1. The van der Waals surface area contributed by atoms with E-state index in [1.165, 1.54) is 18.9 Å². The first-order valence-electron chi connectivity index (χ1n) is 7.80. The summed E-state index contributed by atoms with van der Waals surface area (Å²) in [5.74, 6) is 0.255. The summed E-state index contributed by atoms with van der Waals surface area (Å²) < 4.78 is 4.72. The van der Waals surface area contributed by atoms with Gasteiger partial charge in [0.2, 0.25) is 5.91 Å². The maximum absolute atomic E-state index is 12.2. The van der Waals surface area contributed by atoms with Crippen molar-refractivity contribution in [2.24, 2.45) is 0 Å². The smallest absolute Gasteiger partial charge is 0.337 e. The molecule has 132 valence electrons. The fourth-order valence-electron chi connectivity index (χ4n) is 2.14. The first-order chi connectivity index (χ1) is 12.0. The van der Waals surface area contributed by atoms with E-state index in [4.69, 9.17) is 16.3 Å². The lowest BCUT2D eigenvalue weighted by molar-refractivity contribution is -0.120. The van der Waals surface area contributed by atoms with Gasteiger partial charge in [-0.1, -0.05) is 35.9 Å². The summed E-state index contributed by atoms with van der Waals surface area (Å²) in [6, 6.07) is 14.6. The third kappa shape index (κ3) is 6.11. The molecule has 0 saturated heterocycles. The minimum Gasteiger partial charge on any atom is -0.465 e. The second-order valence-electron chi connectivity index (χ2n) is 5.49. The molecule has 0 saturated carbocycles. The Labute approximate surface area is 156 Å². The number of thioether (sulfide) groups is 1. The van der Waals surface area contributed by atoms with Gasteiger partial charge in [-0.3, -0.25) is 4.79 Å². The quantitative estimate of drug-likeness (QED) is 0.739. The average Bonchev–Trinajstić information content (AvgIpc) is 2.64. The van der Waals surface area contributed by atoms with Crippen molar-refractivity contribution in [3.8, 4) is 0 Å². The number of amides is 1. The number of hydrogen-bond donors (Lipinski definition) is 1. The number of carbonyl (C=O) groups is 2. The molecule has 1 atom stereocenters. The van der Waals surface area contributed by atoms with E-state index in [-0.39, 0.29) is 17.1 Å². The van der Waals surface area contributed by atoms with Crippen molar-refractivity contribution in [2.75, 3.05) is 7.11 Å². The molecule has 0 fully saturated rings. The number of halogens is 1. The van der Waals surface area contributed by atoms with Crippen molar-refractivity contribution >= 4 is 35.2 Å². The molecule has 2 aromatic carbocycles. The summed E-state index contributed by atoms with van der Waals surface area (Å²) in [6.45, 7) is 2.34. The standard InChI is InChI=1S/C19H20ClNO3S/c1-13(18(22)21-11-14-6-8-17(20)9-7-14)25-12-15-4-3-5-16(10-15)19(23)24-2/h3-10,13H,11-12H2,1-2H3,(H,21,22). The molecule has 0 bridgehead atoms. The second kappa shape index (κ2) is 9.49. The molecule has 0 spiro atoms. The molecule has 25 heavy (non-hydrogen) atoms. The number of rotatable bonds is 7. The third-order valence-electron chi connectivity index (χ3n) is 3.60. The number of nitrogens with one attached hydrogen (secondary N) is 1. The SMILES string of the molecule is COC(=O)c1cccc(CSC(C)C(=O)NCc2ccc(Cl)cc2)c1. The van der Waals surface area contributed by atoms with Crippen LogP contribution < -0.4 is 5.32 Å². The molecule has 0 heterocycles. The Balaban J connectivity index is 1.83. The average molecular weight is 378 g/mol. The second-order valence-corrected chi connectivity index (χ2v) is 7.26. The van der Waals surface area contributed by atoms with Crippen molar-refractivity contribution < 1.29 is 14.3 Å². The maximum Gasteiger partial charge on any atom is 0.337 e. The van der Waals surface area contributed by atoms with Crippen LogP contribution in [0.25, 0.3) is 0 Å². The monoisotopic (exact) mass is 377 g/mol. The molecule has 2 rings (SSSR count). The van der Waals surface area contributed by atoms with Gasteiger partial charge in [0.05, 0.1) is 17.9 Å². The molecule has 6 heteroatoms. The van der Waals surface area contributed by atoms with Crippen LogP contribution in [0.5, 0.6) is 0 Å². The highest BCUT2D eigenvalue weighted by atomic mass is 35.5. The van der Waals surface area contributed by atoms with Gasteiger partial charge in [-0.05, 0) is 42.3 Å². The topological polar surface area (TPSA) is 55.4 Å². The summed E-state index contributed by atoms with van der Waals surface area (Å²) in [4.78, 5) is 23.7. The number of carbonyl (C=O) groups excluding carboxylic acids is 2. The highest BCUT2D eigenvalue weighted by Crippen LogP contribution is 2.19. The van der Waals surface area contributed by atoms with E-state index in [1.54, 1.807) is 24.3 Å². The minimum absolute atomic E-state index is 0.0240. The number of methoxy groups -OCH3 is 1. The van der Waals surface area contributed by atoms with Crippen LogP contribution >= 0.6 is 23.4 Å². The summed E-state index contributed by atoms with van der Waals surface area (Å²) in [7, 11) is 1.36. The van der Waals surface area contributed by atoms with Gasteiger partial charge in [0.15, 0.2) is 0 Å². The predicted octanol–water partition coefficient (Wildman–Crippen LogP) is 4.06. The molecule has 0 aliphatic heterocycles. The molecule has 1 unspecified atom stereocenters. The van der Waals surface area contributed by atoms with E-state index >= 15 is 0 Å². The molecule has 0 aromatic heterocycles. The van der Waals surface area contributed by atoms with Gasteiger partial charge in [-0.25, -0.2) is 4.79 Å². The molecule has 0 radical (unpaired) electrons. The zero-order valence-corrected chi connectivity index (χ0v) is 15.7. The zero-order chi connectivity index (χ0) is 18.2. The van der Waals surface area contributed by atoms with Crippen LogP contribution in [0, 0.1) is 0 Å². The van der Waals surface area contributed by atoms with Crippen molar-refractivity contribution in [1.29, 1.82) is 0 Å². The molecule has 1 N–H and O–H groups in total. The molecule has 4 nitrogen and oxygen atoms in total. The van der Waals surface area contributed by atoms with Gasteiger partial charge in [-0.15, -0.1) is 11.8 Å². The minimum atomic E-state index is -0.361. The molecular weight excluding hydrogens is 358 g/mol. The Kier molecular flexibility index (Phi) is 7.34. The fourth-order valence-corrected chi connectivity index (χ4v) is 3.12. The maximum atomic E-state index is 12.2. The molecule has 2 aromatic rings. The first kappa shape index (κ1) is 19.3. The summed E-state index contributed by atoms with van der Waals surface area (Å²) in [6.07, 6.45) is 0. The summed E-state index contributed by atoms with van der Waals surface area (Å²) in [5, 5.41) is 3.39. The van der Waals surface area contributed by atoms with Gasteiger partial charge < -0.3 is 10.1 Å². The largest absolute Gasteiger partial charge is 0.465 e. The molecule has 1 amide bonds.